The van der Waals surface area contributed by atoms with E-state index in [1.54, 1.807) is 29.6 Å². The van der Waals surface area contributed by atoms with Gasteiger partial charge in [-0.05, 0) is 23.6 Å². The number of ether oxygens (including phenoxy) is 2. The van der Waals surface area contributed by atoms with Crippen LogP contribution in [-0.4, -0.2) is 31.2 Å². The molecule has 0 spiro atoms. The van der Waals surface area contributed by atoms with Gasteiger partial charge in [-0.2, -0.15) is 0 Å². The van der Waals surface area contributed by atoms with Gasteiger partial charge in [-0.15, -0.1) is 11.3 Å². The molecule has 0 aliphatic rings. The van der Waals surface area contributed by atoms with Crippen LogP contribution in [0.4, 0.5) is 5.69 Å². The van der Waals surface area contributed by atoms with E-state index < -0.39 is 11.9 Å². The second-order valence-corrected chi connectivity index (χ2v) is 4.88. The van der Waals surface area contributed by atoms with Crippen LogP contribution in [0.5, 0.6) is 11.5 Å². The molecule has 0 saturated heterocycles. The van der Waals surface area contributed by atoms with E-state index >= 15 is 0 Å². The molecule has 0 fully saturated rings. The van der Waals surface area contributed by atoms with Gasteiger partial charge in [0.1, 0.15) is 4.88 Å². The predicted octanol–water partition coefficient (Wildman–Crippen LogP) is 2.72. The van der Waals surface area contributed by atoms with Crippen LogP contribution in [0, 0.1) is 0 Å². The third-order valence-corrected chi connectivity index (χ3v) is 3.66. The molecule has 2 rings (SSSR count). The lowest BCUT2D eigenvalue weighted by atomic mass is 10.1. The molecule has 0 atom stereocenters. The molecule has 0 aliphatic heterocycles. The number of methoxy groups -OCH3 is 2. The van der Waals surface area contributed by atoms with E-state index in [1.807, 2.05) is 0 Å². The zero-order valence-electron chi connectivity index (χ0n) is 11.4. The minimum Gasteiger partial charge on any atom is -0.493 e. The van der Waals surface area contributed by atoms with Crippen LogP contribution < -0.4 is 14.8 Å². The quantitative estimate of drug-likeness (QED) is 0.887. The molecule has 21 heavy (non-hydrogen) atoms. The number of nitrogens with one attached hydrogen (secondary N) is 1. The molecule has 1 aromatic carbocycles. The number of aromatic carboxylic acids is 1. The van der Waals surface area contributed by atoms with E-state index in [4.69, 9.17) is 14.6 Å². The van der Waals surface area contributed by atoms with Crippen LogP contribution in [0.15, 0.2) is 29.6 Å². The van der Waals surface area contributed by atoms with Crippen LogP contribution in [0.3, 0.4) is 0 Å². The van der Waals surface area contributed by atoms with Crippen molar-refractivity contribution in [2.75, 3.05) is 19.5 Å². The van der Waals surface area contributed by atoms with Crippen LogP contribution in [0.2, 0.25) is 0 Å². The SMILES string of the molecule is COc1cccc(C(=O)Nc2ccsc2C(=O)O)c1OC. The molecule has 2 aromatic rings. The number of carboxylic acids is 1. The molecule has 0 unspecified atom stereocenters. The van der Waals surface area contributed by atoms with Gasteiger partial charge in [-0.3, -0.25) is 4.79 Å². The summed E-state index contributed by atoms with van der Waals surface area (Å²) in [5.41, 5.74) is 0.516. The average molecular weight is 307 g/mol. The molecule has 1 heterocycles. The van der Waals surface area contributed by atoms with E-state index in [0.29, 0.717) is 11.5 Å². The summed E-state index contributed by atoms with van der Waals surface area (Å²) in [7, 11) is 2.91. The number of carbonyl (C=O) groups excluding carboxylic acids is 1. The molecule has 110 valence electrons. The summed E-state index contributed by atoms with van der Waals surface area (Å²) < 4.78 is 10.3. The van der Waals surface area contributed by atoms with Crippen molar-refractivity contribution in [2.45, 2.75) is 0 Å². The summed E-state index contributed by atoms with van der Waals surface area (Å²) in [6.45, 7) is 0. The Labute approximate surface area is 124 Å². The Hall–Kier alpha value is -2.54. The van der Waals surface area contributed by atoms with Crippen LogP contribution in [0.1, 0.15) is 20.0 Å². The number of para-hydroxylation sites is 1. The predicted molar refractivity (Wildman–Crippen MR) is 78.8 cm³/mol. The van der Waals surface area contributed by atoms with Crippen molar-refractivity contribution in [3.63, 3.8) is 0 Å². The molecular formula is C14H13NO5S. The normalized spacial score (nSPS) is 10.0. The second-order valence-electron chi connectivity index (χ2n) is 3.96. The molecule has 1 amide bonds. The highest BCUT2D eigenvalue weighted by molar-refractivity contribution is 7.12. The van der Waals surface area contributed by atoms with Gasteiger partial charge in [0.05, 0.1) is 25.5 Å². The summed E-state index contributed by atoms with van der Waals surface area (Å²) in [6.07, 6.45) is 0. The molecule has 0 bridgehead atoms. The topological polar surface area (TPSA) is 84.9 Å². The fraction of sp³-hybridized carbons (Fsp3) is 0.143. The van der Waals surface area contributed by atoms with Gasteiger partial charge in [0.2, 0.25) is 0 Å². The number of anilines is 1. The molecule has 0 aliphatic carbocycles. The zero-order valence-corrected chi connectivity index (χ0v) is 12.2. The Morgan fingerprint density at radius 1 is 1.19 bits per heavy atom. The largest absolute Gasteiger partial charge is 0.493 e. The average Bonchev–Trinajstić information content (AvgIpc) is 2.94. The van der Waals surface area contributed by atoms with Crippen molar-refractivity contribution in [3.8, 4) is 11.5 Å². The molecule has 0 saturated carbocycles. The van der Waals surface area contributed by atoms with E-state index in [9.17, 15) is 9.59 Å². The van der Waals surface area contributed by atoms with Crippen molar-refractivity contribution >= 4 is 28.9 Å². The first-order valence-electron chi connectivity index (χ1n) is 5.91. The van der Waals surface area contributed by atoms with Crippen molar-refractivity contribution in [1.29, 1.82) is 0 Å². The molecule has 2 N–H and O–H groups in total. The maximum Gasteiger partial charge on any atom is 0.348 e. The highest BCUT2D eigenvalue weighted by atomic mass is 32.1. The maximum absolute atomic E-state index is 12.3. The molecular weight excluding hydrogens is 294 g/mol. The van der Waals surface area contributed by atoms with Crippen molar-refractivity contribution < 1.29 is 24.2 Å². The molecule has 7 heteroatoms. The Morgan fingerprint density at radius 3 is 2.57 bits per heavy atom. The van der Waals surface area contributed by atoms with Crippen LogP contribution >= 0.6 is 11.3 Å². The lowest BCUT2D eigenvalue weighted by molar-refractivity contribution is 0.0703. The maximum atomic E-state index is 12.3. The monoisotopic (exact) mass is 307 g/mol. The lowest BCUT2D eigenvalue weighted by Gasteiger charge is -2.12. The Bertz CT molecular complexity index is 680. The highest BCUT2D eigenvalue weighted by Gasteiger charge is 2.19. The Balaban J connectivity index is 2.33. The summed E-state index contributed by atoms with van der Waals surface area (Å²) in [4.78, 5) is 23.4. The van der Waals surface area contributed by atoms with Gasteiger partial charge in [0.25, 0.3) is 5.91 Å². The zero-order chi connectivity index (χ0) is 15.4. The number of carboxylic acid groups (broad SMARTS) is 1. The first kappa shape index (κ1) is 14.9. The molecule has 6 nitrogen and oxygen atoms in total. The van der Waals surface area contributed by atoms with Gasteiger partial charge in [-0.1, -0.05) is 6.07 Å². The minimum atomic E-state index is -1.09. The van der Waals surface area contributed by atoms with Gasteiger partial charge in [0, 0.05) is 0 Å². The van der Waals surface area contributed by atoms with Gasteiger partial charge in [0.15, 0.2) is 11.5 Å². The smallest absolute Gasteiger partial charge is 0.348 e. The summed E-state index contributed by atoms with van der Waals surface area (Å²) in [6, 6.07) is 6.44. The van der Waals surface area contributed by atoms with Gasteiger partial charge >= 0.3 is 5.97 Å². The van der Waals surface area contributed by atoms with Crippen LogP contribution in [-0.2, 0) is 0 Å². The van der Waals surface area contributed by atoms with E-state index in [1.165, 1.54) is 14.2 Å². The lowest BCUT2D eigenvalue weighted by Crippen LogP contribution is -2.14. The molecule has 0 radical (unpaired) electrons. The van der Waals surface area contributed by atoms with Crippen LogP contribution in [0.25, 0.3) is 0 Å². The fourth-order valence-corrected chi connectivity index (χ4v) is 2.52. The third-order valence-electron chi connectivity index (χ3n) is 2.76. The summed E-state index contributed by atoms with van der Waals surface area (Å²) in [5.74, 6) is -0.830. The third kappa shape index (κ3) is 2.97. The van der Waals surface area contributed by atoms with E-state index in [-0.39, 0.29) is 16.1 Å². The van der Waals surface area contributed by atoms with Gasteiger partial charge < -0.3 is 19.9 Å². The van der Waals surface area contributed by atoms with Gasteiger partial charge in [-0.25, -0.2) is 4.79 Å². The number of hydrogen-bond donors (Lipinski definition) is 2. The Morgan fingerprint density at radius 2 is 1.95 bits per heavy atom. The van der Waals surface area contributed by atoms with Crippen molar-refractivity contribution in [2.24, 2.45) is 0 Å². The minimum absolute atomic E-state index is 0.0743. The number of amides is 1. The number of thiophene rings is 1. The number of hydrogen-bond acceptors (Lipinski definition) is 5. The van der Waals surface area contributed by atoms with E-state index in [0.717, 1.165) is 11.3 Å². The first-order valence-corrected chi connectivity index (χ1v) is 6.79. The Kier molecular flexibility index (Phi) is 4.44. The molecule has 1 aromatic heterocycles. The standard InChI is InChI=1S/C14H13NO5S/c1-19-10-5-3-4-8(11(10)20-2)13(16)15-9-6-7-21-12(9)14(17)18/h3-7H,1-2H3,(H,15,16)(H,17,18). The summed E-state index contributed by atoms with van der Waals surface area (Å²) >= 11 is 1.04. The number of rotatable bonds is 5. The number of carbonyl (C=O) groups is 2. The number of benzene rings is 1. The van der Waals surface area contributed by atoms with Crippen molar-refractivity contribution in [1.82, 2.24) is 0 Å². The fourth-order valence-electron chi connectivity index (χ4n) is 1.83. The second kappa shape index (κ2) is 6.27. The first-order chi connectivity index (χ1) is 10.1. The van der Waals surface area contributed by atoms with Crippen molar-refractivity contribution in [3.05, 3.63) is 40.1 Å². The van der Waals surface area contributed by atoms with E-state index in [2.05, 4.69) is 5.32 Å². The highest BCUT2D eigenvalue weighted by Crippen LogP contribution is 2.31. The summed E-state index contributed by atoms with van der Waals surface area (Å²) in [5, 5.41) is 13.2.